The second kappa shape index (κ2) is 5.69. The number of nitro groups is 1. The highest BCUT2D eigenvalue weighted by atomic mass is 16.6. The van der Waals surface area contributed by atoms with Crippen LogP contribution >= 0.6 is 0 Å². The van der Waals surface area contributed by atoms with E-state index in [0.717, 1.165) is 5.52 Å². The fourth-order valence-corrected chi connectivity index (χ4v) is 2.66. The molecule has 1 heterocycles. The second-order valence-corrected chi connectivity index (χ2v) is 5.31. The molecule has 1 atom stereocenters. The summed E-state index contributed by atoms with van der Waals surface area (Å²) in [5.74, 6) is 0. The van der Waals surface area contributed by atoms with Crippen LogP contribution in [0.2, 0.25) is 0 Å². The molecule has 1 unspecified atom stereocenters. The Kier molecular flexibility index (Phi) is 3.71. The zero-order valence-electron chi connectivity index (χ0n) is 12.4. The molecule has 23 heavy (non-hydrogen) atoms. The van der Waals surface area contributed by atoms with Gasteiger partial charge in [-0.05, 0) is 17.7 Å². The van der Waals surface area contributed by atoms with Gasteiger partial charge in [0.2, 0.25) is 0 Å². The molecule has 1 N–H and O–H groups in total. The van der Waals surface area contributed by atoms with Crippen molar-refractivity contribution in [3.05, 3.63) is 74.7 Å². The van der Waals surface area contributed by atoms with E-state index in [1.807, 2.05) is 18.2 Å². The topological polar surface area (TPSA) is 90.3 Å². The molecule has 7 heteroatoms. The number of hydrogen-bond donors (Lipinski definition) is 1. The van der Waals surface area contributed by atoms with Crippen LogP contribution in [0.15, 0.2) is 53.3 Å². The minimum absolute atomic E-state index is 0.0291. The number of rotatable bonds is 4. The van der Waals surface area contributed by atoms with E-state index in [1.165, 1.54) is 27.3 Å². The lowest BCUT2D eigenvalue weighted by atomic mass is 10.1. The summed E-state index contributed by atoms with van der Waals surface area (Å²) in [6.07, 6.45) is -1.02. The maximum Gasteiger partial charge on any atom is 0.328 e. The summed E-state index contributed by atoms with van der Waals surface area (Å²) in [5, 5.41) is 21.2. The van der Waals surface area contributed by atoms with E-state index < -0.39 is 11.0 Å². The Labute approximate surface area is 131 Å². The van der Waals surface area contributed by atoms with Crippen LogP contribution in [0.25, 0.3) is 11.0 Å². The van der Waals surface area contributed by atoms with Gasteiger partial charge in [-0.15, -0.1) is 0 Å². The van der Waals surface area contributed by atoms with Crippen molar-refractivity contribution in [3.8, 4) is 0 Å². The van der Waals surface area contributed by atoms with Crippen LogP contribution in [0.4, 0.5) is 5.69 Å². The Morgan fingerprint density at radius 1 is 1.17 bits per heavy atom. The van der Waals surface area contributed by atoms with Gasteiger partial charge < -0.3 is 5.11 Å². The molecule has 0 radical (unpaired) electrons. The van der Waals surface area contributed by atoms with Gasteiger partial charge >= 0.3 is 5.69 Å². The predicted octanol–water partition coefficient (Wildman–Crippen LogP) is 1.98. The van der Waals surface area contributed by atoms with Crippen molar-refractivity contribution >= 4 is 16.7 Å². The molecule has 2 aromatic carbocycles. The fourth-order valence-electron chi connectivity index (χ4n) is 2.66. The van der Waals surface area contributed by atoms with Gasteiger partial charge in [0.15, 0.2) is 0 Å². The summed E-state index contributed by atoms with van der Waals surface area (Å²) < 4.78 is 2.98. The van der Waals surface area contributed by atoms with Gasteiger partial charge in [-0.2, -0.15) is 0 Å². The highest BCUT2D eigenvalue weighted by Crippen LogP contribution is 2.22. The van der Waals surface area contributed by atoms with Crippen LogP contribution in [0.3, 0.4) is 0 Å². The van der Waals surface area contributed by atoms with Crippen molar-refractivity contribution in [1.29, 1.82) is 0 Å². The highest BCUT2D eigenvalue weighted by Gasteiger charge is 2.17. The molecule has 0 aliphatic rings. The van der Waals surface area contributed by atoms with Gasteiger partial charge in [0.05, 0.1) is 28.6 Å². The number of imidazole rings is 1. The Morgan fingerprint density at radius 3 is 2.57 bits per heavy atom. The third-order valence-electron chi connectivity index (χ3n) is 3.87. The van der Waals surface area contributed by atoms with Crippen LogP contribution in [0.5, 0.6) is 0 Å². The number of hydrogen-bond acceptors (Lipinski definition) is 4. The Bertz CT molecular complexity index is 942. The van der Waals surface area contributed by atoms with E-state index in [2.05, 4.69) is 0 Å². The minimum Gasteiger partial charge on any atom is -0.387 e. The van der Waals surface area contributed by atoms with Gasteiger partial charge in [-0.1, -0.05) is 24.3 Å². The van der Waals surface area contributed by atoms with Crippen LogP contribution in [-0.2, 0) is 13.6 Å². The lowest BCUT2D eigenvalue weighted by molar-refractivity contribution is -0.385. The first-order valence-corrected chi connectivity index (χ1v) is 7.05. The molecular weight excluding hydrogens is 298 g/mol. The molecule has 7 nitrogen and oxygen atoms in total. The summed E-state index contributed by atoms with van der Waals surface area (Å²) in [5.41, 5.74) is 1.55. The van der Waals surface area contributed by atoms with Crippen LogP contribution in [0, 0.1) is 10.1 Å². The van der Waals surface area contributed by atoms with Crippen molar-refractivity contribution in [2.24, 2.45) is 7.05 Å². The molecule has 3 aromatic rings. The van der Waals surface area contributed by atoms with E-state index in [1.54, 1.807) is 19.2 Å². The van der Waals surface area contributed by atoms with E-state index in [-0.39, 0.29) is 17.9 Å². The number of aromatic nitrogens is 2. The zero-order chi connectivity index (χ0) is 16.6. The number of nitrogens with zero attached hydrogens (tertiary/aromatic N) is 3. The molecule has 0 spiro atoms. The van der Waals surface area contributed by atoms with Crippen LogP contribution in [-0.4, -0.2) is 19.2 Å². The number of aliphatic hydroxyl groups is 1. The Balaban J connectivity index is 1.99. The molecule has 0 aliphatic heterocycles. The number of benzene rings is 2. The lowest BCUT2D eigenvalue weighted by Crippen LogP contribution is -2.24. The maximum atomic E-state index is 12.3. The third kappa shape index (κ3) is 2.62. The average molecular weight is 313 g/mol. The van der Waals surface area contributed by atoms with Gasteiger partial charge in [-0.25, -0.2) is 4.79 Å². The summed E-state index contributed by atoms with van der Waals surface area (Å²) in [6.45, 7) is 0.0291. The van der Waals surface area contributed by atoms with E-state index in [4.69, 9.17) is 0 Å². The lowest BCUT2D eigenvalue weighted by Gasteiger charge is -2.12. The molecule has 0 amide bonds. The standard InChI is InChI=1S/C16H15N3O4/c1-17-13-7-2-3-8-14(13)18(16(17)21)10-15(20)11-5-4-6-12(9-11)19(22)23/h2-9,15,20H,10H2,1H3. The first-order chi connectivity index (χ1) is 11.0. The average Bonchev–Trinajstić information content (AvgIpc) is 2.80. The summed E-state index contributed by atoms with van der Waals surface area (Å²) in [6, 6.07) is 13.1. The first kappa shape index (κ1) is 15.0. The smallest absolute Gasteiger partial charge is 0.328 e. The number of aliphatic hydroxyl groups excluding tert-OH is 1. The molecule has 0 saturated carbocycles. The summed E-state index contributed by atoms with van der Waals surface area (Å²) in [4.78, 5) is 22.7. The summed E-state index contributed by atoms with van der Waals surface area (Å²) >= 11 is 0. The van der Waals surface area contributed by atoms with Crippen molar-refractivity contribution in [2.45, 2.75) is 12.6 Å². The van der Waals surface area contributed by atoms with Crippen LogP contribution < -0.4 is 5.69 Å². The van der Waals surface area contributed by atoms with E-state index >= 15 is 0 Å². The number of fused-ring (bicyclic) bond motifs is 1. The number of para-hydroxylation sites is 2. The molecular formula is C16H15N3O4. The van der Waals surface area contributed by atoms with Crippen molar-refractivity contribution in [3.63, 3.8) is 0 Å². The zero-order valence-corrected chi connectivity index (χ0v) is 12.4. The summed E-state index contributed by atoms with van der Waals surface area (Å²) in [7, 11) is 1.67. The maximum absolute atomic E-state index is 12.3. The Hall–Kier alpha value is -2.93. The van der Waals surface area contributed by atoms with Gasteiger partial charge in [-0.3, -0.25) is 19.2 Å². The van der Waals surface area contributed by atoms with Gasteiger partial charge in [0, 0.05) is 19.2 Å². The van der Waals surface area contributed by atoms with Gasteiger partial charge in [0.25, 0.3) is 5.69 Å². The second-order valence-electron chi connectivity index (χ2n) is 5.31. The Morgan fingerprint density at radius 2 is 1.87 bits per heavy atom. The van der Waals surface area contributed by atoms with Crippen molar-refractivity contribution in [1.82, 2.24) is 9.13 Å². The minimum atomic E-state index is -1.02. The number of nitro benzene ring substituents is 1. The molecule has 3 rings (SSSR count). The predicted molar refractivity (Wildman–Crippen MR) is 85.2 cm³/mol. The van der Waals surface area contributed by atoms with Crippen molar-refractivity contribution in [2.75, 3.05) is 0 Å². The molecule has 0 saturated heterocycles. The van der Waals surface area contributed by atoms with Crippen LogP contribution in [0.1, 0.15) is 11.7 Å². The molecule has 0 bridgehead atoms. The first-order valence-electron chi connectivity index (χ1n) is 7.05. The quantitative estimate of drug-likeness (QED) is 0.589. The van der Waals surface area contributed by atoms with Crippen molar-refractivity contribution < 1.29 is 10.0 Å². The fraction of sp³-hybridized carbons (Fsp3) is 0.188. The monoisotopic (exact) mass is 313 g/mol. The molecule has 1 aromatic heterocycles. The molecule has 0 aliphatic carbocycles. The van der Waals surface area contributed by atoms with Gasteiger partial charge in [0.1, 0.15) is 0 Å². The molecule has 118 valence electrons. The normalized spacial score (nSPS) is 12.4. The molecule has 0 fully saturated rings. The SMILES string of the molecule is Cn1c(=O)n(CC(O)c2cccc([N+](=O)[O-])c2)c2ccccc21. The highest BCUT2D eigenvalue weighted by molar-refractivity contribution is 5.75. The number of non-ortho nitro benzene ring substituents is 1. The van der Waals surface area contributed by atoms with E-state index in [0.29, 0.717) is 11.1 Å². The largest absolute Gasteiger partial charge is 0.387 e. The van der Waals surface area contributed by atoms with E-state index in [9.17, 15) is 20.0 Å². The number of aryl methyl sites for hydroxylation is 1. The third-order valence-corrected chi connectivity index (χ3v) is 3.87.